The van der Waals surface area contributed by atoms with Gasteiger partial charge >= 0.3 is 0 Å². The van der Waals surface area contributed by atoms with Crippen LogP contribution in [0.4, 0.5) is 0 Å². The van der Waals surface area contributed by atoms with E-state index in [4.69, 9.17) is 19.9 Å². The lowest BCUT2D eigenvalue weighted by Gasteiger charge is -2.22. The van der Waals surface area contributed by atoms with Gasteiger partial charge in [0.1, 0.15) is 0 Å². The van der Waals surface area contributed by atoms with Crippen LogP contribution in [0.15, 0.2) is 425 Å². The van der Waals surface area contributed by atoms with Crippen LogP contribution in [0, 0.1) is 0 Å². The van der Waals surface area contributed by atoms with Gasteiger partial charge in [-0.25, -0.2) is 19.9 Å². The largest absolute Gasteiger partial charge is 0.309 e. The van der Waals surface area contributed by atoms with Crippen LogP contribution in [0.3, 0.4) is 0 Å². The second kappa shape index (κ2) is 28.0. The highest BCUT2D eigenvalue weighted by atomic mass is 15.0. The van der Waals surface area contributed by atoms with Gasteiger partial charge in [0.05, 0.1) is 66.6 Å². The number of benzene rings is 21. The molecule has 0 saturated carbocycles. The van der Waals surface area contributed by atoms with E-state index in [0.29, 0.717) is 11.6 Å². The summed E-state index contributed by atoms with van der Waals surface area (Å²) in [5.74, 6) is 1.40. The number of aromatic nitrogens is 8. The summed E-state index contributed by atoms with van der Waals surface area (Å²) in [5.41, 5.74) is 26.9. The summed E-state index contributed by atoms with van der Waals surface area (Å²) < 4.78 is 9.68. The number of para-hydroxylation sites is 6. The summed E-state index contributed by atoms with van der Waals surface area (Å²) in [6, 6.07) is 155. The Hall–Kier alpha value is -16.9. The van der Waals surface area contributed by atoms with E-state index in [0.717, 1.165) is 100 Å². The Labute approximate surface area is 741 Å². The predicted molar refractivity (Wildman–Crippen MR) is 541 cm³/mol. The highest BCUT2D eigenvalue weighted by molar-refractivity contribution is 6.19. The number of nitrogens with zero attached hydrogens (tertiary/aromatic N) is 8. The van der Waals surface area contributed by atoms with E-state index in [2.05, 4.69) is 457 Å². The normalized spacial score (nSPS) is 12.6. The molecule has 0 fully saturated rings. The van der Waals surface area contributed by atoms with Crippen molar-refractivity contribution < 1.29 is 0 Å². The maximum Gasteiger partial charge on any atom is 0.160 e. The van der Waals surface area contributed by atoms with Crippen molar-refractivity contribution in [3.63, 3.8) is 0 Å². The van der Waals surface area contributed by atoms with Crippen molar-refractivity contribution in [1.82, 2.24) is 38.2 Å². The first-order chi connectivity index (χ1) is 63.7. The van der Waals surface area contributed by atoms with Gasteiger partial charge in [-0.1, -0.05) is 293 Å². The zero-order valence-corrected chi connectivity index (χ0v) is 70.5. The van der Waals surface area contributed by atoms with Crippen LogP contribution in [-0.4, -0.2) is 38.2 Å². The molecule has 27 aromatic rings. The predicted octanol–water partition coefficient (Wildman–Crippen LogP) is 31.5. The second-order valence-electron chi connectivity index (χ2n) is 35.2. The monoisotopic (exact) mass is 1640 g/mol. The molecule has 0 unspecified atom stereocenters. The highest BCUT2D eigenvalue weighted by Gasteiger charge is 2.36. The number of hydrogen-bond acceptors (Lipinski definition) is 4. The topological polar surface area (TPSA) is 71.3 Å². The lowest BCUT2D eigenvalue weighted by molar-refractivity contribution is 0.660. The van der Waals surface area contributed by atoms with Crippen molar-refractivity contribution in [3.8, 4) is 79.2 Å². The van der Waals surface area contributed by atoms with Crippen molar-refractivity contribution in [2.24, 2.45) is 0 Å². The summed E-state index contributed by atoms with van der Waals surface area (Å²) in [7, 11) is 0. The molecule has 1 aliphatic rings. The SMILES string of the molecule is CC1(C)c2ccccc2-c2ccc(-c3nc(-c4cccc(-n5c6ccccc6c6cc7ccc(-n8c9ccccc9c9cc%10ccccc%10cc98)cc7cc65)c4)nc4ccccc34)cc21.c1cc(-c2nc(-c3ccc4ccc5ccccc5c4c3)c3ccccc3n2)cc(-n2c3ccccc3c3cc4ccc(-n5c6ccccc6c6cc7ccccc7cc65)cc4cc32)c1. The van der Waals surface area contributed by atoms with Crippen LogP contribution >= 0.6 is 0 Å². The summed E-state index contributed by atoms with van der Waals surface area (Å²) in [6.45, 7) is 4.67. The average Bonchev–Trinajstić information content (AvgIpc) is 1.60. The molecule has 6 aromatic heterocycles. The molecule has 6 heterocycles. The highest BCUT2D eigenvalue weighted by Crippen LogP contribution is 2.51. The van der Waals surface area contributed by atoms with Crippen LogP contribution in [0.25, 0.3) is 253 Å². The van der Waals surface area contributed by atoms with Gasteiger partial charge in [-0.15, -0.1) is 0 Å². The molecular formula is C121H76N8. The van der Waals surface area contributed by atoms with E-state index in [-0.39, 0.29) is 5.41 Å². The van der Waals surface area contributed by atoms with Gasteiger partial charge in [-0.05, 0) is 232 Å². The maximum atomic E-state index is 5.42. The summed E-state index contributed by atoms with van der Waals surface area (Å²) in [5, 5.41) is 26.7. The number of hydrogen-bond donors (Lipinski definition) is 0. The molecule has 21 aromatic carbocycles. The quantitative estimate of drug-likeness (QED) is 0.142. The third-order valence-electron chi connectivity index (χ3n) is 27.6. The van der Waals surface area contributed by atoms with Crippen LogP contribution in [-0.2, 0) is 5.41 Å². The molecule has 0 aliphatic heterocycles. The van der Waals surface area contributed by atoms with Crippen molar-refractivity contribution in [2.75, 3.05) is 0 Å². The van der Waals surface area contributed by atoms with Gasteiger partial charge in [-0.2, -0.15) is 0 Å². The molecule has 0 radical (unpaired) electrons. The van der Waals surface area contributed by atoms with E-state index >= 15 is 0 Å². The minimum absolute atomic E-state index is 0.114. The van der Waals surface area contributed by atoms with Gasteiger partial charge in [0, 0.05) is 104 Å². The molecule has 0 atom stereocenters. The van der Waals surface area contributed by atoms with Crippen molar-refractivity contribution in [3.05, 3.63) is 436 Å². The van der Waals surface area contributed by atoms with Crippen molar-refractivity contribution >= 4 is 174 Å². The zero-order valence-electron chi connectivity index (χ0n) is 70.5. The molecule has 129 heavy (non-hydrogen) atoms. The lowest BCUT2D eigenvalue weighted by atomic mass is 9.82. The van der Waals surface area contributed by atoms with Gasteiger partial charge < -0.3 is 18.3 Å². The second-order valence-corrected chi connectivity index (χ2v) is 35.2. The standard InChI is InChI=1S/C61H40N4.C60H36N4/c1-61(2)52-22-9-5-18-45(52)46-29-27-40(34-53(46)61)59-49-21-6-10-23-54(49)62-60(63-59)41-16-13-17-43(30-41)64-55-24-11-7-20-48(55)51-33-39-26-28-44(31-42(39)36-58(51)64)65-56-25-12-8-19-47(56)50-32-37-14-3-4-15-38(37)35-57(50)65;1-2-14-40-35-57-52(32-39(40)13-1)48-18-7-10-23-56(48)64(57)46-29-28-41-33-53-49-19-6-9-22-55(49)63(58(53)36-44(41)31-46)45-16-11-15-43(30-45)60-61-54-21-8-5-20-50(54)59(62-60)42-27-26-38-25-24-37-12-3-4-17-47(37)51(38)34-42/h3-36H,1-2H3;1-36H. The van der Waals surface area contributed by atoms with Crippen LogP contribution in [0.1, 0.15) is 25.0 Å². The summed E-state index contributed by atoms with van der Waals surface area (Å²) in [6.07, 6.45) is 0. The van der Waals surface area contributed by atoms with Gasteiger partial charge in [0.15, 0.2) is 11.6 Å². The molecule has 8 heteroatoms. The molecule has 8 nitrogen and oxygen atoms in total. The third kappa shape index (κ3) is 11.3. The Kier molecular flexibility index (Phi) is 15.8. The van der Waals surface area contributed by atoms with E-state index in [1.807, 2.05) is 0 Å². The maximum absolute atomic E-state index is 5.42. The lowest BCUT2D eigenvalue weighted by Crippen LogP contribution is -2.15. The average molecular weight is 1640 g/mol. The van der Waals surface area contributed by atoms with E-state index < -0.39 is 0 Å². The molecule has 600 valence electrons. The Morgan fingerprint density at radius 2 is 0.512 bits per heavy atom. The fourth-order valence-corrected chi connectivity index (χ4v) is 21.5. The third-order valence-corrected chi connectivity index (χ3v) is 27.6. The van der Waals surface area contributed by atoms with Crippen LogP contribution < -0.4 is 0 Å². The van der Waals surface area contributed by atoms with Gasteiger partial charge in [0.25, 0.3) is 0 Å². The first-order valence-electron chi connectivity index (χ1n) is 44.4. The molecule has 0 amide bonds. The van der Waals surface area contributed by atoms with E-state index in [9.17, 15) is 0 Å². The smallest absolute Gasteiger partial charge is 0.160 e. The van der Waals surface area contributed by atoms with Crippen LogP contribution in [0.2, 0.25) is 0 Å². The first-order valence-corrected chi connectivity index (χ1v) is 44.4. The fourth-order valence-electron chi connectivity index (χ4n) is 21.5. The summed E-state index contributed by atoms with van der Waals surface area (Å²) >= 11 is 0. The minimum Gasteiger partial charge on any atom is -0.309 e. The molecule has 0 saturated heterocycles. The number of fused-ring (bicyclic) bond motifs is 24. The molecule has 0 spiro atoms. The molecule has 0 bridgehead atoms. The Balaban J connectivity index is 0.000000133. The van der Waals surface area contributed by atoms with Crippen LogP contribution in [0.5, 0.6) is 0 Å². The molecule has 1 aliphatic carbocycles. The van der Waals surface area contributed by atoms with E-state index in [1.165, 1.54) is 152 Å². The zero-order chi connectivity index (χ0) is 84.8. The fraction of sp³-hybridized carbons (Fsp3) is 0.0248. The minimum atomic E-state index is -0.114. The Morgan fingerprint density at radius 3 is 0.984 bits per heavy atom. The van der Waals surface area contributed by atoms with Gasteiger partial charge in [0.2, 0.25) is 0 Å². The van der Waals surface area contributed by atoms with E-state index in [1.54, 1.807) is 0 Å². The Morgan fingerprint density at radius 1 is 0.178 bits per heavy atom. The van der Waals surface area contributed by atoms with Crippen molar-refractivity contribution in [1.29, 1.82) is 0 Å². The van der Waals surface area contributed by atoms with Crippen molar-refractivity contribution in [2.45, 2.75) is 19.3 Å². The molecule has 28 rings (SSSR count). The van der Waals surface area contributed by atoms with Gasteiger partial charge in [-0.3, -0.25) is 0 Å². The first kappa shape index (κ1) is 72.5. The summed E-state index contributed by atoms with van der Waals surface area (Å²) in [4.78, 5) is 21.2. The number of rotatable bonds is 8. The molecular weight excluding hydrogens is 1570 g/mol. The molecule has 0 N–H and O–H groups in total. The Bertz CT molecular complexity index is 9520.